The third-order valence-electron chi connectivity index (χ3n) is 7.22. The molecule has 0 aromatic heterocycles. The number of aliphatic imine (C=N–C) groups is 1. The van der Waals surface area contributed by atoms with E-state index >= 15 is 4.39 Å². The van der Waals surface area contributed by atoms with Gasteiger partial charge in [-0.05, 0) is 71.9 Å². The molecule has 1 aliphatic heterocycles. The van der Waals surface area contributed by atoms with E-state index in [2.05, 4.69) is 22.2 Å². The van der Waals surface area contributed by atoms with E-state index < -0.39 is 40.9 Å². The average Bonchev–Trinajstić information content (AvgIpc) is 3.56. The van der Waals surface area contributed by atoms with E-state index in [1.54, 1.807) is 17.9 Å². The molecule has 1 aromatic carbocycles. The van der Waals surface area contributed by atoms with Crippen molar-refractivity contribution in [2.45, 2.75) is 90.4 Å². The number of nitrogens with one attached hydrogen (secondary N) is 2. The number of likely N-dealkylation sites (tertiary alicyclic amines) is 1. The molecular weight excluding hydrogens is 478 g/mol. The van der Waals surface area contributed by atoms with Gasteiger partial charge in [0.05, 0.1) is 17.2 Å². The molecule has 0 spiro atoms. The van der Waals surface area contributed by atoms with E-state index in [1.807, 2.05) is 20.8 Å². The maximum absolute atomic E-state index is 15.0. The number of rotatable bonds is 9. The Kier molecular flexibility index (Phi) is 8.66. The number of hydrogen-bond donors (Lipinski definition) is 2. The second kappa shape index (κ2) is 11.4. The van der Waals surface area contributed by atoms with Gasteiger partial charge < -0.3 is 15.5 Å². The van der Waals surface area contributed by atoms with Crippen LogP contribution in [-0.2, 0) is 9.59 Å². The van der Waals surface area contributed by atoms with Crippen molar-refractivity contribution in [3.05, 3.63) is 58.8 Å². The van der Waals surface area contributed by atoms with Crippen molar-refractivity contribution >= 4 is 23.9 Å². The van der Waals surface area contributed by atoms with Crippen molar-refractivity contribution in [2.75, 3.05) is 0 Å². The molecule has 0 unspecified atom stereocenters. The Morgan fingerprint density at radius 2 is 1.81 bits per heavy atom. The first-order chi connectivity index (χ1) is 17.4. The van der Waals surface area contributed by atoms with Gasteiger partial charge in [0.1, 0.15) is 17.2 Å². The zero-order chi connectivity index (χ0) is 27.5. The molecule has 1 aliphatic carbocycles. The number of nitrogens with zero attached hydrogens (tertiary/aromatic N) is 2. The van der Waals surface area contributed by atoms with Gasteiger partial charge in [0.15, 0.2) is 0 Å². The van der Waals surface area contributed by atoms with E-state index in [0.29, 0.717) is 25.0 Å². The Bertz CT molecular complexity index is 1150. The van der Waals surface area contributed by atoms with Gasteiger partial charge in [-0.2, -0.15) is 0 Å². The summed E-state index contributed by atoms with van der Waals surface area (Å²) in [6.45, 7) is 12.7. The van der Waals surface area contributed by atoms with Crippen LogP contribution in [0.15, 0.2) is 41.1 Å². The van der Waals surface area contributed by atoms with Crippen LogP contribution in [0.5, 0.6) is 0 Å². The van der Waals surface area contributed by atoms with Crippen molar-refractivity contribution in [2.24, 2.45) is 4.99 Å². The Morgan fingerprint density at radius 3 is 2.35 bits per heavy atom. The van der Waals surface area contributed by atoms with Gasteiger partial charge in [-0.3, -0.25) is 19.4 Å². The smallest absolute Gasteiger partial charge is 0.257 e. The highest BCUT2D eigenvalue weighted by Crippen LogP contribution is 2.37. The summed E-state index contributed by atoms with van der Waals surface area (Å²) in [4.78, 5) is 44.4. The molecule has 1 aromatic rings. The van der Waals surface area contributed by atoms with Crippen LogP contribution < -0.4 is 10.6 Å². The molecule has 3 amide bonds. The molecule has 1 heterocycles. The predicted octanol–water partition coefficient (Wildman–Crippen LogP) is 4.74. The molecule has 3 atom stereocenters. The molecule has 2 fully saturated rings. The van der Waals surface area contributed by atoms with Crippen molar-refractivity contribution in [3.8, 4) is 0 Å². The SMILES string of the molecule is C=C(CC)/N=C\C(=C/C)C(=O)NC1(C(=O)N[C@H](C)c2cc(F)c(C(=O)N3[C@H](C)CC[C@@H]3C)cc2F)CC1. The van der Waals surface area contributed by atoms with Crippen molar-refractivity contribution < 1.29 is 23.2 Å². The van der Waals surface area contributed by atoms with Crippen LogP contribution in [0.2, 0.25) is 0 Å². The molecule has 1 saturated carbocycles. The van der Waals surface area contributed by atoms with Gasteiger partial charge in [-0.1, -0.05) is 19.6 Å². The lowest BCUT2D eigenvalue weighted by molar-refractivity contribution is -0.128. The number of halogens is 2. The van der Waals surface area contributed by atoms with Gasteiger partial charge in [0, 0.05) is 29.6 Å². The summed E-state index contributed by atoms with van der Waals surface area (Å²) in [5.41, 5.74) is -0.616. The summed E-state index contributed by atoms with van der Waals surface area (Å²) in [6.07, 6.45) is 6.10. The lowest BCUT2D eigenvalue weighted by Gasteiger charge is -2.27. The third kappa shape index (κ3) is 6.14. The van der Waals surface area contributed by atoms with Crippen LogP contribution in [0.4, 0.5) is 8.78 Å². The van der Waals surface area contributed by atoms with E-state index in [-0.39, 0.29) is 28.8 Å². The number of carbonyl (C=O) groups is 3. The summed E-state index contributed by atoms with van der Waals surface area (Å²) < 4.78 is 30.0. The molecule has 200 valence electrons. The molecule has 2 N–H and O–H groups in total. The number of amides is 3. The number of allylic oxidation sites excluding steroid dienone is 2. The summed E-state index contributed by atoms with van der Waals surface area (Å²) in [5.74, 6) is -3.11. The summed E-state index contributed by atoms with van der Waals surface area (Å²) in [6, 6.07) is 0.886. The Balaban J connectivity index is 1.70. The van der Waals surface area contributed by atoms with Crippen molar-refractivity contribution in [1.82, 2.24) is 15.5 Å². The minimum Gasteiger partial charge on any atom is -0.347 e. The highest BCUT2D eigenvalue weighted by molar-refractivity contribution is 6.14. The fourth-order valence-corrected chi connectivity index (χ4v) is 4.54. The van der Waals surface area contributed by atoms with Crippen LogP contribution in [0, 0.1) is 11.6 Å². The minimum atomic E-state index is -1.12. The average molecular weight is 515 g/mol. The largest absolute Gasteiger partial charge is 0.347 e. The topological polar surface area (TPSA) is 90.9 Å². The maximum atomic E-state index is 15.0. The highest BCUT2D eigenvalue weighted by Gasteiger charge is 2.51. The zero-order valence-electron chi connectivity index (χ0n) is 22.2. The maximum Gasteiger partial charge on any atom is 0.257 e. The highest BCUT2D eigenvalue weighted by atomic mass is 19.1. The van der Waals surface area contributed by atoms with E-state index in [1.165, 1.54) is 13.1 Å². The molecule has 0 radical (unpaired) electrons. The molecule has 2 aliphatic rings. The van der Waals surface area contributed by atoms with Gasteiger partial charge >= 0.3 is 0 Å². The van der Waals surface area contributed by atoms with Gasteiger partial charge in [-0.25, -0.2) is 8.78 Å². The Labute approximate surface area is 217 Å². The van der Waals surface area contributed by atoms with Crippen LogP contribution in [0.25, 0.3) is 0 Å². The second-order valence-corrected chi connectivity index (χ2v) is 9.99. The van der Waals surface area contributed by atoms with E-state index in [0.717, 1.165) is 25.0 Å². The first-order valence-electron chi connectivity index (χ1n) is 12.8. The van der Waals surface area contributed by atoms with Crippen LogP contribution in [0.3, 0.4) is 0 Å². The normalized spacial score (nSPS) is 21.6. The van der Waals surface area contributed by atoms with Crippen molar-refractivity contribution in [3.63, 3.8) is 0 Å². The van der Waals surface area contributed by atoms with Crippen LogP contribution in [-0.4, -0.2) is 46.5 Å². The summed E-state index contributed by atoms with van der Waals surface area (Å²) >= 11 is 0. The van der Waals surface area contributed by atoms with Gasteiger partial charge in [-0.15, -0.1) is 0 Å². The third-order valence-corrected chi connectivity index (χ3v) is 7.22. The minimum absolute atomic E-state index is 0.0485. The number of carbonyl (C=O) groups excluding carboxylic acids is 3. The number of benzene rings is 1. The van der Waals surface area contributed by atoms with Crippen LogP contribution in [0.1, 0.15) is 88.7 Å². The Hall–Kier alpha value is -3.36. The molecule has 0 bridgehead atoms. The van der Waals surface area contributed by atoms with Crippen molar-refractivity contribution in [1.29, 1.82) is 0 Å². The Morgan fingerprint density at radius 1 is 1.19 bits per heavy atom. The molecule has 9 heteroatoms. The summed E-state index contributed by atoms with van der Waals surface area (Å²) in [7, 11) is 0. The number of hydrogen-bond acceptors (Lipinski definition) is 4. The molecular formula is C28H36F2N4O3. The molecule has 3 rings (SSSR count). The van der Waals surface area contributed by atoms with E-state index in [4.69, 9.17) is 0 Å². The molecule has 37 heavy (non-hydrogen) atoms. The monoisotopic (exact) mass is 514 g/mol. The first kappa shape index (κ1) is 28.2. The molecule has 7 nitrogen and oxygen atoms in total. The summed E-state index contributed by atoms with van der Waals surface area (Å²) in [5, 5.41) is 5.43. The van der Waals surface area contributed by atoms with Crippen LogP contribution >= 0.6 is 0 Å². The first-order valence-corrected chi connectivity index (χ1v) is 12.8. The standard InChI is InChI=1S/C28H36F2N4O3/c1-7-16(3)31-15-20(8-2)25(35)33-28(11-12-28)27(37)32-19(6)21-13-24(30)22(14-23(21)29)26(36)34-17(4)9-10-18(34)5/h8,13-15,17-19H,3,7,9-12H2,1-2,4-6H3,(H,32,37)(H,33,35)/b20-8+,31-15-/t17-,18+,19-/m1/s1. The predicted molar refractivity (Wildman–Crippen MR) is 139 cm³/mol. The quantitative estimate of drug-likeness (QED) is 0.368. The fraction of sp³-hybridized carbons (Fsp3) is 0.500. The molecule has 1 saturated heterocycles. The second-order valence-electron chi connectivity index (χ2n) is 9.99. The van der Waals surface area contributed by atoms with Gasteiger partial charge in [0.25, 0.3) is 11.8 Å². The van der Waals surface area contributed by atoms with E-state index in [9.17, 15) is 18.8 Å². The zero-order valence-corrected chi connectivity index (χ0v) is 22.2. The fourth-order valence-electron chi connectivity index (χ4n) is 4.54. The lowest BCUT2D eigenvalue weighted by atomic mass is 10.0. The van der Waals surface area contributed by atoms with Gasteiger partial charge in [0.2, 0.25) is 5.91 Å². The lowest BCUT2D eigenvalue weighted by Crippen LogP contribution is -2.50.